The summed E-state index contributed by atoms with van der Waals surface area (Å²) in [6.45, 7) is 1.53. The van der Waals surface area contributed by atoms with Crippen LogP contribution in [0.3, 0.4) is 0 Å². The highest BCUT2D eigenvalue weighted by Crippen LogP contribution is 2.20. The fraction of sp³-hybridized carbons (Fsp3) is 0.125. The van der Waals surface area contributed by atoms with Crippen LogP contribution in [0.4, 0.5) is 10.5 Å². The number of carbonyl (C=O) groups is 3. The third kappa shape index (κ3) is 4.39. The van der Waals surface area contributed by atoms with Crippen molar-refractivity contribution < 1.29 is 19.1 Å². The first-order valence-electron chi connectivity index (χ1n) is 9.97. The number of rotatable bonds is 6. The lowest BCUT2D eigenvalue weighted by molar-refractivity contribution is -0.127. The smallest absolute Gasteiger partial charge is 0.329 e. The molecule has 0 unspecified atom stereocenters. The fourth-order valence-electron chi connectivity index (χ4n) is 3.42. The molecule has 0 aliphatic carbocycles. The van der Waals surface area contributed by atoms with E-state index in [1.807, 2.05) is 72.3 Å². The minimum atomic E-state index is -0.636. The molecule has 8 nitrogen and oxygen atoms in total. The summed E-state index contributed by atoms with van der Waals surface area (Å²) in [5, 5.41) is 5.26. The molecule has 2 N–H and O–H groups in total. The maximum Gasteiger partial charge on any atom is 0.329 e. The minimum Gasteiger partial charge on any atom is -0.497 e. The Morgan fingerprint density at radius 2 is 1.88 bits per heavy atom. The van der Waals surface area contributed by atoms with Crippen molar-refractivity contribution in [3.8, 4) is 11.4 Å². The Kier molecular flexibility index (Phi) is 5.76. The van der Waals surface area contributed by atoms with Crippen LogP contribution in [-0.2, 0) is 9.59 Å². The number of aryl methyl sites for hydroxylation is 1. The zero-order valence-corrected chi connectivity index (χ0v) is 17.7. The zero-order chi connectivity index (χ0) is 22.7. The summed E-state index contributed by atoms with van der Waals surface area (Å²) in [6.07, 6.45) is 3.44. The lowest BCUT2D eigenvalue weighted by Crippen LogP contribution is -2.38. The summed E-state index contributed by atoms with van der Waals surface area (Å²) in [5.74, 6) is -0.280. The molecule has 2 aromatic carbocycles. The van der Waals surface area contributed by atoms with Crippen molar-refractivity contribution in [1.82, 2.24) is 14.8 Å². The van der Waals surface area contributed by atoms with Crippen LogP contribution in [0.25, 0.3) is 11.8 Å². The second kappa shape index (κ2) is 8.81. The van der Waals surface area contributed by atoms with Gasteiger partial charge in [-0.05, 0) is 67.1 Å². The van der Waals surface area contributed by atoms with Crippen molar-refractivity contribution in [3.63, 3.8) is 0 Å². The molecule has 1 aliphatic rings. The third-order valence-corrected chi connectivity index (χ3v) is 4.99. The molecule has 3 aromatic rings. The standard InChI is InChI=1S/C24H22N4O4/c1-16-5-3-6-17(13-16)25-22(29)15-28-23(30)21(26-24(28)31)14-19-7-4-12-27(19)18-8-10-20(32-2)11-9-18/h3-14H,15H2,1-2H3,(H,25,29)(H,26,31)/b21-14-. The molecule has 1 aliphatic heterocycles. The molecular weight excluding hydrogens is 408 g/mol. The van der Waals surface area contributed by atoms with E-state index in [0.717, 1.165) is 21.9 Å². The first kappa shape index (κ1) is 20.9. The van der Waals surface area contributed by atoms with E-state index in [2.05, 4.69) is 10.6 Å². The normalized spacial score (nSPS) is 14.6. The summed E-state index contributed by atoms with van der Waals surface area (Å²) in [6, 6.07) is 17.8. The van der Waals surface area contributed by atoms with Gasteiger partial charge in [-0.25, -0.2) is 9.69 Å². The topological polar surface area (TPSA) is 92.7 Å². The van der Waals surface area contributed by atoms with Crippen molar-refractivity contribution in [2.24, 2.45) is 0 Å². The lowest BCUT2D eigenvalue weighted by Gasteiger charge is -2.12. The molecule has 0 spiro atoms. The Labute approximate surface area is 185 Å². The van der Waals surface area contributed by atoms with Crippen LogP contribution in [0.5, 0.6) is 5.75 Å². The molecule has 32 heavy (non-hydrogen) atoms. The average Bonchev–Trinajstić information content (AvgIpc) is 3.34. The summed E-state index contributed by atoms with van der Waals surface area (Å²) in [5.41, 5.74) is 3.27. The van der Waals surface area contributed by atoms with Gasteiger partial charge in [-0.3, -0.25) is 9.59 Å². The maximum atomic E-state index is 12.8. The zero-order valence-electron chi connectivity index (χ0n) is 17.7. The van der Waals surface area contributed by atoms with Crippen molar-refractivity contribution in [2.75, 3.05) is 19.0 Å². The van der Waals surface area contributed by atoms with Crippen LogP contribution in [0.1, 0.15) is 11.3 Å². The van der Waals surface area contributed by atoms with E-state index in [0.29, 0.717) is 11.4 Å². The van der Waals surface area contributed by atoms with Crippen molar-refractivity contribution in [1.29, 1.82) is 0 Å². The van der Waals surface area contributed by atoms with Gasteiger partial charge in [0.15, 0.2) is 0 Å². The molecular formula is C24H22N4O4. The van der Waals surface area contributed by atoms with E-state index in [4.69, 9.17) is 4.74 Å². The van der Waals surface area contributed by atoms with E-state index in [1.54, 1.807) is 19.3 Å². The van der Waals surface area contributed by atoms with Gasteiger partial charge in [0.25, 0.3) is 5.91 Å². The van der Waals surface area contributed by atoms with Gasteiger partial charge in [0.1, 0.15) is 18.0 Å². The summed E-state index contributed by atoms with van der Waals surface area (Å²) >= 11 is 0. The average molecular weight is 430 g/mol. The molecule has 8 heteroatoms. The quantitative estimate of drug-likeness (QED) is 0.464. The molecule has 4 rings (SSSR count). The number of anilines is 1. The van der Waals surface area contributed by atoms with Gasteiger partial charge >= 0.3 is 6.03 Å². The van der Waals surface area contributed by atoms with Gasteiger partial charge in [0, 0.05) is 23.3 Å². The van der Waals surface area contributed by atoms with Crippen LogP contribution in [-0.4, -0.2) is 41.0 Å². The Bertz CT molecular complexity index is 1210. The SMILES string of the molecule is COc1ccc(-n2cccc2/C=C2\NC(=O)N(CC(=O)Nc3cccc(C)c3)C2=O)cc1. The summed E-state index contributed by atoms with van der Waals surface area (Å²) < 4.78 is 7.06. The van der Waals surface area contributed by atoms with Crippen LogP contribution in [0, 0.1) is 6.92 Å². The van der Waals surface area contributed by atoms with Gasteiger partial charge < -0.3 is 19.9 Å². The number of amides is 4. The van der Waals surface area contributed by atoms with Crippen molar-refractivity contribution >= 4 is 29.6 Å². The second-order valence-electron chi connectivity index (χ2n) is 7.30. The Morgan fingerprint density at radius 1 is 1.09 bits per heavy atom. The number of ether oxygens (including phenoxy) is 1. The molecule has 2 heterocycles. The van der Waals surface area contributed by atoms with Gasteiger partial charge in [0.05, 0.1) is 7.11 Å². The molecule has 0 atom stereocenters. The number of imide groups is 1. The molecule has 162 valence electrons. The molecule has 1 saturated heterocycles. The highest BCUT2D eigenvalue weighted by molar-refractivity contribution is 6.15. The monoisotopic (exact) mass is 430 g/mol. The van der Waals surface area contributed by atoms with Gasteiger partial charge in [0.2, 0.25) is 5.91 Å². The molecule has 4 amide bonds. The van der Waals surface area contributed by atoms with Crippen LogP contribution >= 0.6 is 0 Å². The van der Waals surface area contributed by atoms with E-state index in [-0.39, 0.29) is 12.2 Å². The van der Waals surface area contributed by atoms with Gasteiger partial charge in [-0.15, -0.1) is 0 Å². The number of hydrogen-bond donors (Lipinski definition) is 2. The number of methoxy groups -OCH3 is 1. The Morgan fingerprint density at radius 3 is 2.59 bits per heavy atom. The van der Waals surface area contributed by atoms with E-state index in [1.165, 1.54) is 0 Å². The number of aromatic nitrogens is 1. The number of benzene rings is 2. The Balaban J connectivity index is 1.49. The number of nitrogens with one attached hydrogen (secondary N) is 2. The van der Waals surface area contributed by atoms with Gasteiger partial charge in [-0.2, -0.15) is 0 Å². The van der Waals surface area contributed by atoms with Crippen molar-refractivity contribution in [3.05, 3.63) is 83.8 Å². The van der Waals surface area contributed by atoms with Crippen molar-refractivity contribution in [2.45, 2.75) is 6.92 Å². The predicted molar refractivity (Wildman–Crippen MR) is 120 cm³/mol. The lowest BCUT2D eigenvalue weighted by atomic mass is 10.2. The highest BCUT2D eigenvalue weighted by Gasteiger charge is 2.35. The Hall–Kier alpha value is -4.33. The minimum absolute atomic E-state index is 0.104. The summed E-state index contributed by atoms with van der Waals surface area (Å²) in [7, 11) is 1.60. The fourth-order valence-corrected chi connectivity index (χ4v) is 3.42. The van der Waals surface area contributed by atoms with Crippen LogP contribution in [0.2, 0.25) is 0 Å². The molecule has 1 fully saturated rings. The van der Waals surface area contributed by atoms with Crippen LogP contribution in [0.15, 0.2) is 72.6 Å². The molecule has 0 saturated carbocycles. The largest absolute Gasteiger partial charge is 0.497 e. The molecule has 0 bridgehead atoms. The number of carbonyl (C=O) groups excluding carboxylic acids is 3. The number of nitrogens with zero attached hydrogens (tertiary/aromatic N) is 2. The second-order valence-corrected chi connectivity index (χ2v) is 7.30. The van der Waals surface area contributed by atoms with Gasteiger partial charge in [-0.1, -0.05) is 12.1 Å². The number of urea groups is 1. The summed E-state index contributed by atoms with van der Waals surface area (Å²) in [4.78, 5) is 38.4. The van der Waals surface area contributed by atoms with Crippen LogP contribution < -0.4 is 15.4 Å². The van der Waals surface area contributed by atoms with E-state index < -0.39 is 17.8 Å². The first-order valence-corrected chi connectivity index (χ1v) is 9.97. The maximum absolute atomic E-state index is 12.8. The van der Waals surface area contributed by atoms with E-state index >= 15 is 0 Å². The third-order valence-electron chi connectivity index (χ3n) is 4.99. The van der Waals surface area contributed by atoms with E-state index in [9.17, 15) is 14.4 Å². The molecule has 0 radical (unpaired) electrons. The predicted octanol–water partition coefficient (Wildman–Crippen LogP) is 3.33. The first-order chi connectivity index (χ1) is 15.4. The molecule has 1 aromatic heterocycles. The number of hydrogen-bond acceptors (Lipinski definition) is 4. The highest BCUT2D eigenvalue weighted by atomic mass is 16.5.